The van der Waals surface area contributed by atoms with Gasteiger partial charge in [0, 0.05) is 36.8 Å². The summed E-state index contributed by atoms with van der Waals surface area (Å²) in [4.78, 5) is 8.17. The highest BCUT2D eigenvalue weighted by Crippen LogP contribution is 2.19. The molecule has 2 atom stereocenters. The van der Waals surface area contributed by atoms with Crippen molar-refractivity contribution < 1.29 is 4.74 Å². The van der Waals surface area contributed by atoms with Gasteiger partial charge in [0.25, 0.3) is 0 Å². The molecule has 2 heterocycles. The molecule has 1 aromatic heterocycles. The predicted octanol–water partition coefficient (Wildman–Crippen LogP) is 2.21. The molecule has 1 aliphatic heterocycles. The van der Waals surface area contributed by atoms with Crippen molar-refractivity contribution in [2.45, 2.75) is 45.9 Å². The van der Waals surface area contributed by atoms with E-state index in [4.69, 9.17) is 4.74 Å². The van der Waals surface area contributed by atoms with Crippen molar-refractivity contribution >= 4 is 11.3 Å². The van der Waals surface area contributed by atoms with Gasteiger partial charge in [0.1, 0.15) is 5.01 Å². The van der Waals surface area contributed by atoms with Gasteiger partial charge in [-0.15, -0.1) is 11.3 Å². The molecule has 4 nitrogen and oxygen atoms in total. The third-order valence-electron chi connectivity index (χ3n) is 3.56. The van der Waals surface area contributed by atoms with Gasteiger partial charge < -0.3 is 10.1 Å². The van der Waals surface area contributed by atoms with Crippen LogP contribution in [0.25, 0.3) is 0 Å². The van der Waals surface area contributed by atoms with Crippen LogP contribution >= 0.6 is 11.3 Å². The van der Waals surface area contributed by atoms with Crippen LogP contribution in [0.5, 0.6) is 0 Å². The van der Waals surface area contributed by atoms with Crippen LogP contribution < -0.4 is 5.32 Å². The maximum atomic E-state index is 5.83. The normalized spacial score (nSPS) is 22.9. The topological polar surface area (TPSA) is 37.4 Å². The monoisotopic (exact) mass is 283 g/mol. The van der Waals surface area contributed by atoms with Crippen molar-refractivity contribution in [2.24, 2.45) is 0 Å². The molecule has 0 radical (unpaired) electrons. The van der Waals surface area contributed by atoms with Gasteiger partial charge in [-0.1, -0.05) is 0 Å². The van der Waals surface area contributed by atoms with Gasteiger partial charge in [-0.3, -0.25) is 4.90 Å². The Balaban J connectivity index is 1.78. The Bertz CT molecular complexity index is 394. The van der Waals surface area contributed by atoms with E-state index < -0.39 is 0 Å². The summed E-state index contributed by atoms with van der Waals surface area (Å²) in [6.45, 7) is 12.6. The SMILES string of the molecule is Cc1cnc(C(C)NCC2CN(C(C)C)CCO2)s1. The zero-order valence-corrected chi connectivity index (χ0v) is 13.2. The van der Waals surface area contributed by atoms with Crippen LogP contribution in [-0.2, 0) is 4.74 Å². The summed E-state index contributed by atoms with van der Waals surface area (Å²) in [5, 5.41) is 4.70. The van der Waals surface area contributed by atoms with Crippen molar-refractivity contribution in [2.75, 3.05) is 26.2 Å². The van der Waals surface area contributed by atoms with Crippen LogP contribution in [0.15, 0.2) is 6.20 Å². The Morgan fingerprint density at radius 2 is 2.32 bits per heavy atom. The minimum absolute atomic E-state index is 0.291. The largest absolute Gasteiger partial charge is 0.374 e. The number of nitrogens with zero attached hydrogens (tertiary/aromatic N) is 2. The van der Waals surface area contributed by atoms with Crippen LogP contribution in [0.2, 0.25) is 0 Å². The number of thiazole rings is 1. The van der Waals surface area contributed by atoms with Crippen LogP contribution in [0.4, 0.5) is 0 Å². The fourth-order valence-electron chi connectivity index (χ4n) is 2.30. The molecule has 0 aliphatic carbocycles. The fraction of sp³-hybridized carbons (Fsp3) is 0.786. The number of rotatable bonds is 5. The second-order valence-electron chi connectivity index (χ2n) is 5.52. The Labute approximate surface area is 120 Å². The van der Waals surface area contributed by atoms with E-state index in [1.165, 1.54) is 4.88 Å². The molecule has 1 N–H and O–H groups in total. The molecule has 0 amide bonds. The summed E-state index contributed by atoms with van der Waals surface area (Å²) in [7, 11) is 0. The van der Waals surface area contributed by atoms with Crippen molar-refractivity contribution in [1.29, 1.82) is 0 Å². The molecular formula is C14H25N3OS. The van der Waals surface area contributed by atoms with Gasteiger partial charge in [-0.05, 0) is 27.7 Å². The van der Waals surface area contributed by atoms with E-state index in [0.29, 0.717) is 18.2 Å². The zero-order valence-electron chi connectivity index (χ0n) is 12.3. The van der Waals surface area contributed by atoms with Gasteiger partial charge in [0.15, 0.2) is 0 Å². The van der Waals surface area contributed by atoms with Crippen LogP contribution in [0.1, 0.15) is 36.7 Å². The summed E-state index contributed by atoms with van der Waals surface area (Å²) in [6, 6.07) is 0.905. The highest BCUT2D eigenvalue weighted by atomic mass is 32.1. The maximum absolute atomic E-state index is 5.83. The lowest BCUT2D eigenvalue weighted by molar-refractivity contribution is -0.0379. The van der Waals surface area contributed by atoms with E-state index in [-0.39, 0.29) is 0 Å². The highest BCUT2D eigenvalue weighted by Gasteiger charge is 2.22. The molecule has 19 heavy (non-hydrogen) atoms. The number of aryl methyl sites for hydroxylation is 1. The number of morpholine rings is 1. The average molecular weight is 283 g/mol. The van der Waals surface area contributed by atoms with E-state index in [2.05, 4.69) is 42.9 Å². The van der Waals surface area contributed by atoms with Crippen molar-refractivity contribution in [3.05, 3.63) is 16.1 Å². The summed E-state index contributed by atoms with van der Waals surface area (Å²) in [5.74, 6) is 0. The first kappa shape index (κ1) is 14.9. The Morgan fingerprint density at radius 1 is 1.53 bits per heavy atom. The number of aromatic nitrogens is 1. The summed E-state index contributed by atoms with van der Waals surface area (Å²) >= 11 is 1.76. The third-order valence-corrected chi connectivity index (χ3v) is 4.66. The quantitative estimate of drug-likeness (QED) is 0.899. The average Bonchev–Trinajstić information content (AvgIpc) is 2.83. The van der Waals surface area contributed by atoms with Crippen molar-refractivity contribution in [3.8, 4) is 0 Å². The number of hydrogen-bond donors (Lipinski definition) is 1. The highest BCUT2D eigenvalue weighted by molar-refractivity contribution is 7.11. The molecule has 1 aromatic rings. The third kappa shape index (κ3) is 4.24. The Morgan fingerprint density at radius 3 is 2.95 bits per heavy atom. The molecular weight excluding hydrogens is 258 g/mol. The lowest BCUT2D eigenvalue weighted by Crippen LogP contribution is -2.49. The van der Waals surface area contributed by atoms with E-state index in [9.17, 15) is 0 Å². The van der Waals surface area contributed by atoms with Crippen molar-refractivity contribution in [3.63, 3.8) is 0 Å². The van der Waals surface area contributed by atoms with Gasteiger partial charge in [0.05, 0.1) is 18.8 Å². The van der Waals surface area contributed by atoms with E-state index in [1.807, 2.05) is 6.20 Å². The van der Waals surface area contributed by atoms with Gasteiger partial charge in [-0.2, -0.15) is 0 Å². The maximum Gasteiger partial charge on any atom is 0.109 e. The molecule has 0 bridgehead atoms. The molecule has 1 aliphatic rings. The minimum atomic E-state index is 0.291. The lowest BCUT2D eigenvalue weighted by atomic mass is 10.2. The molecule has 2 rings (SSSR count). The molecule has 0 spiro atoms. The van der Waals surface area contributed by atoms with Gasteiger partial charge >= 0.3 is 0 Å². The smallest absolute Gasteiger partial charge is 0.109 e. The van der Waals surface area contributed by atoms with Crippen LogP contribution in [0, 0.1) is 6.92 Å². The second-order valence-corrected chi connectivity index (χ2v) is 6.79. The summed E-state index contributed by atoms with van der Waals surface area (Å²) in [5.41, 5.74) is 0. The Kier molecular flexibility index (Phi) is 5.33. The first-order valence-electron chi connectivity index (χ1n) is 7.07. The van der Waals surface area contributed by atoms with E-state index >= 15 is 0 Å². The zero-order chi connectivity index (χ0) is 13.8. The number of ether oxygens (including phenoxy) is 1. The fourth-order valence-corrected chi connectivity index (χ4v) is 3.10. The molecule has 0 aromatic carbocycles. The van der Waals surface area contributed by atoms with Crippen LogP contribution in [0.3, 0.4) is 0 Å². The summed E-state index contributed by atoms with van der Waals surface area (Å²) < 4.78 is 5.83. The van der Waals surface area contributed by atoms with Gasteiger partial charge in [0.2, 0.25) is 0 Å². The number of hydrogen-bond acceptors (Lipinski definition) is 5. The molecule has 0 saturated carbocycles. The van der Waals surface area contributed by atoms with E-state index in [1.54, 1.807) is 11.3 Å². The molecule has 1 saturated heterocycles. The number of nitrogens with one attached hydrogen (secondary N) is 1. The molecule has 2 unspecified atom stereocenters. The Hall–Kier alpha value is -0.490. The predicted molar refractivity (Wildman–Crippen MR) is 79.7 cm³/mol. The standard InChI is InChI=1S/C14H25N3OS/c1-10(2)17-5-6-18-13(9-17)8-15-12(4)14-16-7-11(3)19-14/h7,10,12-13,15H,5-6,8-9H2,1-4H3. The molecule has 1 fully saturated rings. The van der Waals surface area contributed by atoms with E-state index in [0.717, 1.165) is 31.2 Å². The first-order valence-corrected chi connectivity index (χ1v) is 7.89. The van der Waals surface area contributed by atoms with Crippen LogP contribution in [-0.4, -0.2) is 48.3 Å². The van der Waals surface area contributed by atoms with Crippen molar-refractivity contribution in [1.82, 2.24) is 15.2 Å². The first-order chi connectivity index (χ1) is 9.06. The van der Waals surface area contributed by atoms with Gasteiger partial charge in [-0.25, -0.2) is 4.98 Å². The summed E-state index contributed by atoms with van der Waals surface area (Å²) in [6.07, 6.45) is 2.23. The second kappa shape index (κ2) is 6.79. The molecule has 5 heteroatoms. The molecule has 108 valence electrons. The minimum Gasteiger partial charge on any atom is -0.374 e. The lowest BCUT2D eigenvalue weighted by Gasteiger charge is -2.35.